The number of sulfonamides is 1. The van der Waals surface area contributed by atoms with Gasteiger partial charge in [0.2, 0.25) is 10.0 Å². The summed E-state index contributed by atoms with van der Waals surface area (Å²) in [6.45, 7) is 7.01. The van der Waals surface area contributed by atoms with Crippen molar-refractivity contribution in [2.75, 3.05) is 45.1 Å². The van der Waals surface area contributed by atoms with Crippen LogP contribution in [0.5, 0.6) is 0 Å². The first-order chi connectivity index (χ1) is 9.09. The van der Waals surface area contributed by atoms with Crippen molar-refractivity contribution >= 4 is 10.0 Å². The molecule has 112 valence electrons. The first-order valence-electron chi connectivity index (χ1n) is 7.39. The van der Waals surface area contributed by atoms with Crippen LogP contribution >= 0.6 is 0 Å². The number of nitrogens with zero attached hydrogens (tertiary/aromatic N) is 2. The van der Waals surface area contributed by atoms with Crippen LogP contribution in [0.1, 0.15) is 32.6 Å². The molecule has 2 aliphatic heterocycles. The summed E-state index contributed by atoms with van der Waals surface area (Å²) < 4.78 is 31.6. The zero-order valence-electron chi connectivity index (χ0n) is 11.9. The van der Waals surface area contributed by atoms with E-state index in [4.69, 9.17) is 4.74 Å². The molecule has 1 atom stereocenters. The van der Waals surface area contributed by atoms with E-state index in [1.807, 2.05) is 6.92 Å². The maximum absolute atomic E-state index is 12.3. The molecule has 2 aliphatic rings. The minimum Gasteiger partial charge on any atom is -0.379 e. The van der Waals surface area contributed by atoms with Crippen molar-refractivity contribution in [2.24, 2.45) is 0 Å². The molecule has 1 unspecified atom stereocenters. The lowest BCUT2D eigenvalue weighted by Gasteiger charge is -2.32. The fraction of sp³-hybridized carbons (Fsp3) is 1.00. The summed E-state index contributed by atoms with van der Waals surface area (Å²) in [6, 6.07) is 0.183. The molecule has 0 aromatic carbocycles. The van der Waals surface area contributed by atoms with Gasteiger partial charge >= 0.3 is 0 Å². The second-order valence-electron chi connectivity index (χ2n) is 5.58. The Morgan fingerprint density at radius 3 is 2.58 bits per heavy atom. The fourth-order valence-electron chi connectivity index (χ4n) is 2.90. The lowest BCUT2D eigenvalue weighted by atomic mass is 10.1. The zero-order valence-corrected chi connectivity index (χ0v) is 12.7. The van der Waals surface area contributed by atoms with Crippen LogP contribution in [0.25, 0.3) is 0 Å². The standard InChI is InChI=1S/C13H26N2O3S/c1-13-5-2-3-7-15(13)19(16,17)12-4-6-14-8-10-18-11-9-14/h13H,2-12H2,1H3. The van der Waals surface area contributed by atoms with Gasteiger partial charge in [-0.25, -0.2) is 8.42 Å². The van der Waals surface area contributed by atoms with Crippen LogP contribution in [-0.4, -0.2) is 68.8 Å². The summed E-state index contributed by atoms with van der Waals surface area (Å²) in [6.07, 6.45) is 3.89. The van der Waals surface area contributed by atoms with Crippen molar-refractivity contribution in [3.8, 4) is 0 Å². The van der Waals surface area contributed by atoms with Crippen LogP contribution < -0.4 is 0 Å². The second-order valence-corrected chi connectivity index (χ2v) is 7.62. The third-order valence-electron chi connectivity index (χ3n) is 4.08. The number of morpholine rings is 1. The van der Waals surface area contributed by atoms with E-state index in [-0.39, 0.29) is 11.8 Å². The van der Waals surface area contributed by atoms with Crippen molar-refractivity contribution in [3.63, 3.8) is 0 Å². The molecule has 0 radical (unpaired) electrons. The summed E-state index contributed by atoms with van der Waals surface area (Å²) >= 11 is 0. The predicted molar refractivity (Wildman–Crippen MR) is 75.7 cm³/mol. The van der Waals surface area contributed by atoms with Crippen LogP contribution in [0.3, 0.4) is 0 Å². The van der Waals surface area contributed by atoms with E-state index in [1.54, 1.807) is 4.31 Å². The summed E-state index contributed by atoms with van der Waals surface area (Å²) in [7, 11) is -3.06. The minimum atomic E-state index is -3.06. The average Bonchev–Trinajstić information content (AvgIpc) is 2.40. The van der Waals surface area contributed by atoms with Gasteiger partial charge in [0.25, 0.3) is 0 Å². The molecule has 0 amide bonds. The molecule has 0 aliphatic carbocycles. The summed E-state index contributed by atoms with van der Waals surface area (Å²) in [5.74, 6) is 0.286. The number of ether oxygens (including phenoxy) is 1. The molecule has 5 nitrogen and oxygen atoms in total. The van der Waals surface area contributed by atoms with Crippen LogP contribution in [-0.2, 0) is 14.8 Å². The quantitative estimate of drug-likeness (QED) is 0.755. The van der Waals surface area contributed by atoms with E-state index in [9.17, 15) is 8.42 Å². The van der Waals surface area contributed by atoms with Crippen LogP contribution in [0, 0.1) is 0 Å². The topological polar surface area (TPSA) is 49.9 Å². The number of rotatable bonds is 5. The maximum atomic E-state index is 12.3. The normalized spacial score (nSPS) is 27.5. The second kappa shape index (κ2) is 7.02. The molecular formula is C13H26N2O3S. The third-order valence-corrected chi connectivity index (χ3v) is 6.14. The Labute approximate surface area is 117 Å². The van der Waals surface area contributed by atoms with Gasteiger partial charge in [0.1, 0.15) is 0 Å². The van der Waals surface area contributed by atoms with E-state index in [0.29, 0.717) is 6.54 Å². The van der Waals surface area contributed by atoms with Crippen LogP contribution in [0.4, 0.5) is 0 Å². The monoisotopic (exact) mass is 290 g/mol. The molecule has 6 heteroatoms. The minimum absolute atomic E-state index is 0.183. The van der Waals surface area contributed by atoms with Gasteiger partial charge in [-0.05, 0) is 32.7 Å². The van der Waals surface area contributed by atoms with Gasteiger partial charge in [-0.1, -0.05) is 6.42 Å². The van der Waals surface area contributed by atoms with E-state index in [2.05, 4.69) is 4.90 Å². The Hall–Kier alpha value is -0.170. The first-order valence-corrected chi connectivity index (χ1v) is 9.00. The van der Waals surface area contributed by atoms with Gasteiger partial charge in [0, 0.05) is 25.7 Å². The molecule has 2 fully saturated rings. The molecule has 0 aromatic heterocycles. The number of hydrogen-bond acceptors (Lipinski definition) is 4. The summed E-state index contributed by atoms with van der Waals surface area (Å²) in [5, 5.41) is 0. The van der Waals surface area contributed by atoms with E-state index in [1.165, 1.54) is 0 Å². The van der Waals surface area contributed by atoms with E-state index in [0.717, 1.165) is 58.5 Å². The van der Waals surface area contributed by atoms with Crippen LogP contribution in [0.2, 0.25) is 0 Å². The average molecular weight is 290 g/mol. The summed E-state index contributed by atoms with van der Waals surface area (Å²) in [4.78, 5) is 2.29. The Morgan fingerprint density at radius 2 is 1.89 bits per heavy atom. The highest BCUT2D eigenvalue weighted by Crippen LogP contribution is 2.20. The number of hydrogen-bond donors (Lipinski definition) is 0. The van der Waals surface area contributed by atoms with Gasteiger partial charge in [0.05, 0.1) is 19.0 Å². The fourth-order valence-corrected chi connectivity index (χ4v) is 4.69. The highest BCUT2D eigenvalue weighted by molar-refractivity contribution is 7.89. The van der Waals surface area contributed by atoms with Gasteiger partial charge in [0.15, 0.2) is 0 Å². The molecule has 0 aromatic rings. The number of piperidine rings is 1. The van der Waals surface area contributed by atoms with E-state index < -0.39 is 10.0 Å². The van der Waals surface area contributed by atoms with Gasteiger partial charge in [-0.2, -0.15) is 4.31 Å². The third kappa shape index (κ3) is 4.41. The largest absolute Gasteiger partial charge is 0.379 e. The van der Waals surface area contributed by atoms with Gasteiger partial charge < -0.3 is 4.74 Å². The molecule has 0 N–H and O–H groups in total. The highest BCUT2D eigenvalue weighted by Gasteiger charge is 2.29. The van der Waals surface area contributed by atoms with Crippen molar-refractivity contribution in [1.29, 1.82) is 0 Å². The molecular weight excluding hydrogens is 264 g/mol. The molecule has 0 saturated carbocycles. The zero-order chi connectivity index (χ0) is 13.7. The Bertz CT molecular complexity index is 366. The van der Waals surface area contributed by atoms with Crippen molar-refractivity contribution in [1.82, 2.24) is 9.21 Å². The van der Waals surface area contributed by atoms with Crippen molar-refractivity contribution in [2.45, 2.75) is 38.6 Å². The summed E-state index contributed by atoms with van der Waals surface area (Å²) in [5.41, 5.74) is 0. The smallest absolute Gasteiger partial charge is 0.214 e. The van der Waals surface area contributed by atoms with Gasteiger partial charge in [-0.3, -0.25) is 4.90 Å². The molecule has 2 heterocycles. The van der Waals surface area contributed by atoms with Crippen molar-refractivity contribution in [3.05, 3.63) is 0 Å². The molecule has 2 rings (SSSR count). The SMILES string of the molecule is CC1CCCCN1S(=O)(=O)CCCN1CCOCC1. The Kier molecular flexibility index (Phi) is 5.62. The molecule has 19 heavy (non-hydrogen) atoms. The first kappa shape index (κ1) is 15.2. The van der Waals surface area contributed by atoms with Crippen LogP contribution in [0.15, 0.2) is 0 Å². The maximum Gasteiger partial charge on any atom is 0.214 e. The Morgan fingerprint density at radius 1 is 1.16 bits per heavy atom. The Balaban J connectivity index is 1.76. The molecule has 2 saturated heterocycles. The molecule has 0 spiro atoms. The van der Waals surface area contributed by atoms with Crippen molar-refractivity contribution < 1.29 is 13.2 Å². The predicted octanol–water partition coefficient (Wildman–Crippen LogP) is 0.913. The van der Waals surface area contributed by atoms with Gasteiger partial charge in [-0.15, -0.1) is 0 Å². The lowest BCUT2D eigenvalue weighted by Crippen LogP contribution is -2.44. The highest BCUT2D eigenvalue weighted by atomic mass is 32.2. The molecule has 0 bridgehead atoms. The lowest BCUT2D eigenvalue weighted by molar-refractivity contribution is 0.0380. The van der Waals surface area contributed by atoms with E-state index >= 15 is 0 Å².